The van der Waals surface area contributed by atoms with E-state index >= 15 is 0 Å². The van der Waals surface area contributed by atoms with Crippen LogP contribution in [-0.2, 0) is 11.2 Å². The lowest BCUT2D eigenvalue weighted by atomic mass is 10.1. The third kappa shape index (κ3) is 4.69. The number of methoxy groups -OCH3 is 1. The van der Waals surface area contributed by atoms with E-state index in [1.807, 2.05) is 48.5 Å². The average Bonchev–Trinajstić information content (AvgIpc) is 2.47. The summed E-state index contributed by atoms with van der Waals surface area (Å²) >= 11 is 4.96. The number of Topliss-reactive ketones (excluding diaryl/α,β-unsaturated/α-hetero) is 1. The van der Waals surface area contributed by atoms with Gasteiger partial charge in [0.1, 0.15) is 11.5 Å². The maximum Gasteiger partial charge on any atom is 0.147 e. The van der Waals surface area contributed by atoms with Gasteiger partial charge in [-0.2, -0.15) is 0 Å². The zero-order chi connectivity index (χ0) is 14.4. The average molecular weight is 351 g/mol. The van der Waals surface area contributed by atoms with E-state index in [2.05, 4.69) is 15.9 Å². The van der Waals surface area contributed by atoms with Crippen LogP contribution in [0.2, 0.25) is 0 Å². The number of hydrogen-bond acceptors (Lipinski definition) is 3. The Kier molecular flexibility index (Phi) is 5.68. The van der Waals surface area contributed by atoms with Crippen LogP contribution in [0.25, 0.3) is 0 Å². The zero-order valence-electron chi connectivity index (χ0n) is 11.1. The minimum Gasteiger partial charge on any atom is -0.497 e. The van der Waals surface area contributed by atoms with Gasteiger partial charge < -0.3 is 4.74 Å². The molecule has 2 nitrogen and oxygen atoms in total. The molecule has 0 aromatic heterocycles. The lowest BCUT2D eigenvalue weighted by molar-refractivity contribution is -0.116. The third-order valence-corrected chi connectivity index (χ3v) is 4.35. The molecule has 2 rings (SSSR count). The molecule has 2 aromatic carbocycles. The summed E-state index contributed by atoms with van der Waals surface area (Å²) in [6, 6.07) is 15.6. The van der Waals surface area contributed by atoms with Crippen molar-refractivity contribution in [2.75, 3.05) is 12.9 Å². The first-order chi connectivity index (χ1) is 9.67. The number of carbonyl (C=O) groups excluding carboxylic acids is 1. The van der Waals surface area contributed by atoms with Crippen molar-refractivity contribution in [3.05, 3.63) is 58.6 Å². The first-order valence-corrected chi connectivity index (χ1v) is 7.98. The summed E-state index contributed by atoms with van der Waals surface area (Å²) < 4.78 is 6.20. The minimum atomic E-state index is 0.214. The second kappa shape index (κ2) is 7.50. The fourth-order valence-electron chi connectivity index (χ4n) is 1.76. The van der Waals surface area contributed by atoms with Crippen molar-refractivity contribution in [1.29, 1.82) is 0 Å². The molecule has 0 bridgehead atoms. The molecule has 0 saturated heterocycles. The molecule has 0 spiro atoms. The van der Waals surface area contributed by atoms with Crippen LogP contribution in [0.4, 0.5) is 0 Å². The molecular weight excluding hydrogens is 336 g/mol. The first-order valence-electron chi connectivity index (χ1n) is 6.20. The van der Waals surface area contributed by atoms with Gasteiger partial charge >= 0.3 is 0 Å². The van der Waals surface area contributed by atoms with E-state index in [1.165, 1.54) is 0 Å². The standard InChI is InChI=1S/C16H15BrO2S/c1-19-15-4-2-3-12(10-15)9-14(18)11-20-16-7-5-13(17)6-8-16/h2-8,10H,9,11H2,1H3. The number of ether oxygens (including phenoxy) is 1. The number of benzene rings is 2. The molecule has 0 unspecified atom stereocenters. The molecule has 0 radical (unpaired) electrons. The lowest BCUT2D eigenvalue weighted by Crippen LogP contribution is -2.05. The molecule has 0 saturated carbocycles. The third-order valence-electron chi connectivity index (χ3n) is 2.75. The van der Waals surface area contributed by atoms with Crippen molar-refractivity contribution in [2.45, 2.75) is 11.3 Å². The Morgan fingerprint density at radius 1 is 1.20 bits per heavy atom. The van der Waals surface area contributed by atoms with Gasteiger partial charge in [0.2, 0.25) is 0 Å². The van der Waals surface area contributed by atoms with Gasteiger partial charge in [-0.15, -0.1) is 11.8 Å². The monoisotopic (exact) mass is 350 g/mol. The van der Waals surface area contributed by atoms with Crippen molar-refractivity contribution in [3.8, 4) is 5.75 Å². The van der Waals surface area contributed by atoms with E-state index in [0.29, 0.717) is 12.2 Å². The van der Waals surface area contributed by atoms with Gasteiger partial charge in [-0.3, -0.25) is 4.79 Å². The molecule has 0 atom stereocenters. The number of hydrogen-bond donors (Lipinski definition) is 0. The molecule has 0 amide bonds. The molecule has 20 heavy (non-hydrogen) atoms. The normalized spacial score (nSPS) is 10.3. The van der Waals surface area contributed by atoms with Gasteiger partial charge in [0.05, 0.1) is 12.9 Å². The van der Waals surface area contributed by atoms with Crippen LogP contribution in [0.15, 0.2) is 57.9 Å². The van der Waals surface area contributed by atoms with E-state index in [-0.39, 0.29) is 5.78 Å². The number of rotatable bonds is 6. The van der Waals surface area contributed by atoms with Crippen LogP contribution in [0.1, 0.15) is 5.56 Å². The Labute approximate surface area is 131 Å². The second-order valence-electron chi connectivity index (χ2n) is 4.31. The summed E-state index contributed by atoms with van der Waals surface area (Å²) in [7, 11) is 1.63. The highest BCUT2D eigenvalue weighted by Crippen LogP contribution is 2.21. The predicted molar refractivity (Wildman–Crippen MR) is 86.6 cm³/mol. The minimum absolute atomic E-state index is 0.214. The summed E-state index contributed by atoms with van der Waals surface area (Å²) in [5.41, 5.74) is 0.991. The predicted octanol–water partition coefficient (Wildman–Crippen LogP) is 4.36. The number of ketones is 1. The Hall–Kier alpha value is -1.26. The molecule has 104 valence electrons. The van der Waals surface area contributed by atoms with Gasteiger partial charge in [0.25, 0.3) is 0 Å². The van der Waals surface area contributed by atoms with Crippen molar-refractivity contribution >= 4 is 33.5 Å². The van der Waals surface area contributed by atoms with Crippen molar-refractivity contribution in [3.63, 3.8) is 0 Å². The smallest absolute Gasteiger partial charge is 0.147 e. The summed E-state index contributed by atoms with van der Waals surface area (Å²) in [5.74, 6) is 1.49. The second-order valence-corrected chi connectivity index (χ2v) is 6.27. The largest absolute Gasteiger partial charge is 0.497 e. The van der Waals surface area contributed by atoms with E-state index in [0.717, 1.165) is 20.7 Å². The lowest BCUT2D eigenvalue weighted by Gasteiger charge is -2.04. The quantitative estimate of drug-likeness (QED) is 0.724. The van der Waals surface area contributed by atoms with E-state index < -0.39 is 0 Å². The molecule has 0 heterocycles. The zero-order valence-corrected chi connectivity index (χ0v) is 13.5. The van der Waals surface area contributed by atoms with E-state index in [9.17, 15) is 4.79 Å². The van der Waals surface area contributed by atoms with Gasteiger partial charge in [-0.05, 0) is 42.0 Å². The molecule has 0 aliphatic rings. The number of halogens is 1. The van der Waals surface area contributed by atoms with E-state index in [1.54, 1.807) is 18.9 Å². The summed E-state index contributed by atoms with van der Waals surface area (Å²) in [5, 5.41) is 0. The Morgan fingerprint density at radius 2 is 1.95 bits per heavy atom. The Balaban J connectivity index is 1.87. The van der Waals surface area contributed by atoms with Crippen LogP contribution in [-0.4, -0.2) is 18.6 Å². The van der Waals surface area contributed by atoms with Crippen LogP contribution in [0, 0.1) is 0 Å². The van der Waals surface area contributed by atoms with Crippen LogP contribution in [0.5, 0.6) is 5.75 Å². The van der Waals surface area contributed by atoms with E-state index in [4.69, 9.17) is 4.74 Å². The maximum atomic E-state index is 12.0. The highest BCUT2D eigenvalue weighted by atomic mass is 79.9. The highest BCUT2D eigenvalue weighted by molar-refractivity contribution is 9.10. The summed E-state index contributed by atoms with van der Waals surface area (Å²) in [4.78, 5) is 13.1. The highest BCUT2D eigenvalue weighted by Gasteiger charge is 2.06. The van der Waals surface area contributed by atoms with Crippen molar-refractivity contribution < 1.29 is 9.53 Å². The van der Waals surface area contributed by atoms with Crippen molar-refractivity contribution in [2.24, 2.45) is 0 Å². The fraction of sp³-hybridized carbons (Fsp3) is 0.188. The molecule has 0 N–H and O–H groups in total. The van der Waals surface area contributed by atoms with Gasteiger partial charge in [0.15, 0.2) is 0 Å². The summed E-state index contributed by atoms with van der Waals surface area (Å²) in [6.45, 7) is 0. The molecular formula is C16H15BrO2S. The first kappa shape index (κ1) is 15.1. The molecule has 0 aliphatic carbocycles. The number of thioether (sulfide) groups is 1. The van der Waals surface area contributed by atoms with Crippen LogP contribution < -0.4 is 4.74 Å². The fourth-order valence-corrected chi connectivity index (χ4v) is 2.78. The topological polar surface area (TPSA) is 26.3 Å². The van der Waals surface area contributed by atoms with Crippen LogP contribution >= 0.6 is 27.7 Å². The molecule has 4 heteroatoms. The van der Waals surface area contributed by atoms with Crippen molar-refractivity contribution in [1.82, 2.24) is 0 Å². The van der Waals surface area contributed by atoms with Crippen LogP contribution in [0.3, 0.4) is 0 Å². The molecule has 2 aromatic rings. The van der Waals surface area contributed by atoms with Gasteiger partial charge in [0, 0.05) is 15.8 Å². The molecule has 0 aliphatic heterocycles. The number of carbonyl (C=O) groups is 1. The van der Waals surface area contributed by atoms with Gasteiger partial charge in [-0.1, -0.05) is 28.1 Å². The molecule has 0 fully saturated rings. The SMILES string of the molecule is COc1cccc(CC(=O)CSc2ccc(Br)cc2)c1. The Morgan fingerprint density at radius 3 is 2.65 bits per heavy atom. The van der Waals surface area contributed by atoms with Gasteiger partial charge in [-0.25, -0.2) is 0 Å². The maximum absolute atomic E-state index is 12.0. The summed E-state index contributed by atoms with van der Waals surface area (Å²) in [6.07, 6.45) is 0.445. The Bertz CT molecular complexity index is 581.